The molecule has 114 valence electrons. The van der Waals surface area contributed by atoms with E-state index in [1.165, 1.54) is 0 Å². The molecule has 0 spiro atoms. The second kappa shape index (κ2) is 5.99. The van der Waals surface area contributed by atoms with Crippen LogP contribution in [0.1, 0.15) is 25.7 Å². The van der Waals surface area contributed by atoms with Gasteiger partial charge in [0, 0.05) is 12.0 Å². The van der Waals surface area contributed by atoms with Gasteiger partial charge in [-0.2, -0.15) is 13.2 Å². The number of alkyl halides is 3. The summed E-state index contributed by atoms with van der Waals surface area (Å²) in [6.45, 7) is 1.20. The lowest BCUT2D eigenvalue weighted by Gasteiger charge is -2.29. The monoisotopic (exact) mass is 294 g/mol. The summed E-state index contributed by atoms with van der Waals surface area (Å²) in [5, 5.41) is 5.65. The Balaban J connectivity index is 2.01. The summed E-state index contributed by atoms with van der Waals surface area (Å²) >= 11 is 0. The van der Waals surface area contributed by atoms with Gasteiger partial charge in [-0.25, -0.2) is 4.79 Å². The second-order valence-electron chi connectivity index (χ2n) is 5.19. The van der Waals surface area contributed by atoms with Crippen molar-refractivity contribution < 1.29 is 27.5 Å². The first-order chi connectivity index (χ1) is 9.38. The molecule has 2 rings (SSSR count). The van der Waals surface area contributed by atoms with Gasteiger partial charge in [0.25, 0.3) is 5.91 Å². The first kappa shape index (κ1) is 15.1. The van der Waals surface area contributed by atoms with Gasteiger partial charge in [0.1, 0.15) is 0 Å². The van der Waals surface area contributed by atoms with Crippen molar-refractivity contribution in [1.29, 1.82) is 0 Å². The molecule has 1 unspecified atom stereocenters. The van der Waals surface area contributed by atoms with Gasteiger partial charge in [-0.3, -0.25) is 4.79 Å². The largest absolute Gasteiger partial charge is 0.490 e. The normalized spacial score (nSPS) is 22.1. The molecule has 5 nitrogen and oxygen atoms in total. The lowest BCUT2D eigenvalue weighted by atomic mass is 9.91. The summed E-state index contributed by atoms with van der Waals surface area (Å²) < 4.78 is 41.3. The fourth-order valence-electron chi connectivity index (χ4n) is 2.20. The van der Waals surface area contributed by atoms with Gasteiger partial charge in [-0.15, -0.1) is 0 Å². The maximum Gasteiger partial charge on any atom is 0.490 e. The van der Waals surface area contributed by atoms with Crippen LogP contribution in [0.2, 0.25) is 0 Å². The molecule has 0 bridgehead atoms. The minimum absolute atomic E-state index is 0.0105. The molecule has 1 aliphatic carbocycles. The number of hydrogen-bond donors (Lipinski definition) is 2. The molecule has 2 fully saturated rings. The van der Waals surface area contributed by atoms with Crippen molar-refractivity contribution in [2.45, 2.75) is 44.0 Å². The number of nitrogens with one attached hydrogen (secondary N) is 2. The third-order valence-electron chi connectivity index (χ3n) is 3.46. The SMILES string of the molecule is O=C(NC1CC1)C(OC(=O)C(F)(F)F)C1CCNCC1. The highest BCUT2D eigenvalue weighted by atomic mass is 19.4. The highest BCUT2D eigenvalue weighted by Crippen LogP contribution is 2.25. The van der Waals surface area contributed by atoms with Gasteiger partial charge in [-0.05, 0) is 38.8 Å². The summed E-state index contributed by atoms with van der Waals surface area (Å²) in [7, 11) is 0. The van der Waals surface area contributed by atoms with Crippen LogP contribution in [0.3, 0.4) is 0 Å². The fraction of sp³-hybridized carbons (Fsp3) is 0.833. The number of halogens is 3. The van der Waals surface area contributed by atoms with Crippen molar-refractivity contribution in [3.8, 4) is 0 Å². The average Bonchev–Trinajstić information content (AvgIpc) is 3.19. The molecular formula is C12H17F3N2O3. The molecule has 1 amide bonds. The average molecular weight is 294 g/mol. The maximum atomic E-state index is 12.3. The van der Waals surface area contributed by atoms with Crippen LogP contribution in [0.4, 0.5) is 13.2 Å². The van der Waals surface area contributed by atoms with E-state index in [-0.39, 0.29) is 12.0 Å². The number of carbonyl (C=O) groups is 2. The van der Waals surface area contributed by atoms with Crippen LogP contribution in [-0.2, 0) is 14.3 Å². The molecular weight excluding hydrogens is 277 g/mol. The number of piperidine rings is 1. The Labute approximate surface area is 114 Å². The summed E-state index contributed by atoms with van der Waals surface area (Å²) in [4.78, 5) is 23.0. The van der Waals surface area contributed by atoms with Gasteiger partial charge < -0.3 is 15.4 Å². The fourth-order valence-corrected chi connectivity index (χ4v) is 2.20. The van der Waals surface area contributed by atoms with E-state index >= 15 is 0 Å². The van der Waals surface area contributed by atoms with Crippen molar-refractivity contribution in [3.63, 3.8) is 0 Å². The predicted molar refractivity (Wildman–Crippen MR) is 62.7 cm³/mol. The summed E-state index contributed by atoms with van der Waals surface area (Å²) in [6.07, 6.45) is -3.78. The van der Waals surface area contributed by atoms with Crippen molar-refractivity contribution in [3.05, 3.63) is 0 Å². The van der Waals surface area contributed by atoms with E-state index in [9.17, 15) is 22.8 Å². The quantitative estimate of drug-likeness (QED) is 0.751. The summed E-state index contributed by atoms with van der Waals surface area (Å²) in [5.74, 6) is -3.29. The van der Waals surface area contributed by atoms with Crippen LogP contribution in [0.25, 0.3) is 0 Å². The van der Waals surface area contributed by atoms with E-state index in [0.29, 0.717) is 25.9 Å². The zero-order valence-electron chi connectivity index (χ0n) is 10.8. The smallest absolute Gasteiger partial charge is 0.445 e. The lowest BCUT2D eigenvalue weighted by Crippen LogP contribution is -2.48. The number of hydrogen-bond acceptors (Lipinski definition) is 4. The zero-order valence-corrected chi connectivity index (χ0v) is 10.8. The van der Waals surface area contributed by atoms with Crippen LogP contribution in [0.15, 0.2) is 0 Å². The standard InChI is InChI=1S/C12H17F3N2O3/c13-12(14,15)11(19)20-9(7-3-5-16-6-4-7)10(18)17-8-1-2-8/h7-9,16H,1-6H2,(H,17,18). The highest BCUT2D eigenvalue weighted by molar-refractivity contribution is 5.85. The third-order valence-corrected chi connectivity index (χ3v) is 3.46. The first-order valence-electron chi connectivity index (χ1n) is 6.67. The Bertz CT molecular complexity index is 377. The number of amides is 1. The van der Waals surface area contributed by atoms with Gasteiger partial charge in [0.05, 0.1) is 0 Å². The van der Waals surface area contributed by atoms with E-state index in [1.54, 1.807) is 0 Å². The predicted octanol–water partition coefficient (Wildman–Crippen LogP) is 0.739. The van der Waals surface area contributed by atoms with Crippen LogP contribution in [0.5, 0.6) is 0 Å². The topological polar surface area (TPSA) is 67.4 Å². The molecule has 8 heteroatoms. The van der Waals surface area contributed by atoms with E-state index < -0.39 is 24.2 Å². The van der Waals surface area contributed by atoms with E-state index in [2.05, 4.69) is 15.4 Å². The minimum Gasteiger partial charge on any atom is -0.445 e. The van der Waals surface area contributed by atoms with Crippen molar-refractivity contribution in [1.82, 2.24) is 10.6 Å². The summed E-state index contributed by atoms with van der Waals surface area (Å²) in [5.41, 5.74) is 0. The Morgan fingerprint density at radius 2 is 1.75 bits per heavy atom. The van der Waals surface area contributed by atoms with E-state index in [4.69, 9.17) is 0 Å². The van der Waals surface area contributed by atoms with Crippen LogP contribution in [-0.4, -0.2) is 43.3 Å². The molecule has 0 radical (unpaired) electrons. The molecule has 0 aromatic heterocycles. The van der Waals surface area contributed by atoms with Gasteiger partial charge in [-0.1, -0.05) is 0 Å². The van der Waals surface area contributed by atoms with Crippen molar-refractivity contribution >= 4 is 11.9 Å². The Morgan fingerprint density at radius 3 is 2.25 bits per heavy atom. The van der Waals surface area contributed by atoms with Crippen LogP contribution < -0.4 is 10.6 Å². The number of esters is 1. The molecule has 0 aromatic carbocycles. The van der Waals surface area contributed by atoms with Crippen LogP contribution >= 0.6 is 0 Å². The second-order valence-corrected chi connectivity index (χ2v) is 5.19. The molecule has 1 atom stereocenters. The first-order valence-corrected chi connectivity index (χ1v) is 6.67. The number of carbonyl (C=O) groups excluding carboxylic acids is 2. The van der Waals surface area contributed by atoms with Crippen LogP contribution in [0, 0.1) is 5.92 Å². The lowest BCUT2D eigenvalue weighted by molar-refractivity contribution is -0.208. The zero-order chi connectivity index (χ0) is 14.8. The highest BCUT2D eigenvalue weighted by Gasteiger charge is 2.45. The molecule has 1 aliphatic heterocycles. The molecule has 1 saturated carbocycles. The Kier molecular flexibility index (Phi) is 4.52. The molecule has 1 saturated heterocycles. The Morgan fingerprint density at radius 1 is 1.15 bits per heavy atom. The molecule has 2 aliphatic rings. The number of ether oxygens (including phenoxy) is 1. The van der Waals surface area contributed by atoms with Gasteiger partial charge in [0.2, 0.25) is 0 Å². The van der Waals surface area contributed by atoms with Gasteiger partial charge in [0.15, 0.2) is 6.10 Å². The summed E-state index contributed by atoms with van der Waals surface area (Å²) in [6, 6.07) is 0.0105. The van der Waals surface area contributed by atoms with Crippen molar-refractivity contribution in [2.75, 3.05) is 13.1 Å². The van der Waals surface area contributed by atoms with Crippen molar-refractivity contribution in [2.24, 2.45) is 5.92 Å². The number of rotatable bonds is 4. The van der Waals surface area contributed by atoms with E-state index in [0.717, 1.165) is 12.8 Å². The maximum absolute atomic E-state index is 12.3. The Hall–Kier alpha value is -1.31. The minimum atomic E-state index is -5.08. The van der Waals surface area contributed by atoms with E-state index in [1.807, 2.05) is 0 Å². The molecule has 20 heavy (non-hydrogen) atoms. The molecule has 2 N–H and O–H groups in total. The molecule has 0 aromatic rings. The van der Waals surface area contributed by atoms with Gasteiger partial charge >= 0.3 is 12.1 Å². The molecule has 1 heterocycles. The third kappa shape index (κ3) is 4.09.